The first-order valence-electron chi connectivity index (χ1n) is 6.83. The van der Waals surface area contributed by atoms with E-state index in [4.69, 9.17) is 5.73 Å². The lowest BCUT2D eigenvalue weighted by Crippen LogP contribution is -2.37. The summed E-state index contributed by atoms with van der Waals surface area (Å²) in [6.07, 6.45) is -3.72. The fraction of sp³-hybridized carbons (Fsp3) is 0.500. The van der Waals surface area contributed by atoms with Crippen molar-refractivity contribution in [3.05, 3.63) is 29.3 Å². The van der Waals surface area contributed by atoms with E-state index < -0.39 is 23.2 Å². The van der Waals surface area contributed by atoms with E-state index in [1.807, 2.05) is 11.8 Å². The van der Waals surface area contributed by atoms with Gasteiger partial charge in [-0.25, -0.2) is 0 Å². The molecule has 2 rings (SSSR count). The van der Waals surface area contributed by atoms with E-state index in [1.165, 1.54) is 6.07 Å². The number of hydrogen-bond donors (Lipinski definition) is 2. The molecule has 0 aliphatic carbocycles. The Bertz CT molecular complexity index is 525. The van der Waals surface area contributed by atoms with Crippen LogP contribution in [0.2, 0.25) is 0 Å². The van der Waals surface area contributed by atoms with Crippen LogP contribution in [0.4, 0.5) is 18.9 Å². The van der Waals surface area contributed by atoms with E-state index in [1.54, 1.807) is 0 Å². The summed E-state index contributed by atoms with van der Waals surface area (Å²) in [6.45, 7) is 4.09. The van der Waals surface area contributed by atoms with Crippen molar-refractivity contribution in [1.82, 2.24) is 5.32 Å². The molecule has 116 valence electrons. The van der Waals surface area contributed by atoms with Crippen LogP contribution in [0.15, 0.2) is 18.2 Å². The Morgan fingerprint density at radius 1 is 1.48 bits per heavy atom. The number of halogens is 3. The van der Waals surface area contributed by atoms with Gasteiger partial charge in [-0.05, 0) is 38.1 Å². The van der Waals surface area contributed by atoms with Crippen LogP contribution in [-0.4, -0.2) is 31.6 Å². The highest BCUT2D eigenvalue weighted by Crippen LogP contribution is 2.35. The van der Waals surface area contributed by atoms with Crippen molar-refractivity contribution in [3.8, 4) is 0 Å². The van der Waals surface area contributed by atoms with Gasteiger partial charge in [0.05, 0.1) is 11.1 Å². The molecule has 21 heavy (non-hydrogen) atoms. The number of rotatable bonds is 4. The van der Waals surface area contributed by atoms with Gasteiger partial charge in [-0.2, -0.15) is 13.2 Å². The van der Waals surface area contributed by atoms with E-state index >= 15 is 0 Å². The summed E-state index contributed by atoms with van der Waals surface area (Å²) in [5.41, 5.74) is 4.02. The van der Waals surface area contributed by atoms with Gasteiger partial charge in [0.1, 0.15) is 0 Å². The fourth-order valence-electron chi connectivity index (χ4n) is 2.72. The van der Waals surface area contributed by atoms with Crippen molar-refractivity contribution in [2.45, 2.75) is 25.6 Å². The van der Waals surface area contributed by atoms with Gasteiger partial charge in [-0.1, -0.05) is 0 Å². The highest BCUT2D eigenvalue weighted by atomic mass is 19.4. The van der Waals surface area contributed by atoms with Crippen molar-refractivity contribution < 1.29 is 18.0 Å². The third kappa shape index (κ3) is 3.29. The van der Waals surface area contributed by atoms with Gasteiger partial charge in [0, 0.05) is 24.8 Å². The molecule has 1 heterocycles. The van der Waals surface area contributed by atoms with Crippen molar-refractivity contribution in [1.29, 1.82) is 0 Å². The minimum Gasteiger partial charge on any atom is -0.367 e. The summed E-state index contributed by atoms with van der Waals surface area (Å²) in [5.74, 6) is -1.07. The number of alkyl halides is 3. The molecule has 3 N–H and O–H groups in total. The second-order valence-corrected chi connectivity index (χ2v) is 5.02. The van der Waals surface area contributed by atoms with Crippen LogP contribution >= 0.6 is 0 Å². The first-order chi connectivity index (χ1) is 9.84. The topological polar surface area (TPSA) is 58.4 Å². The number of nitrogens with one attached hydrogen (secondary N) is 1. The van der Waals surface area contributed by atoms with Gasteiger partial charge >= 0.3 is 6.18 Å². The molecule has 1 amide bonds. The molecule has 1 fully saturated rings. The summed E-state index contributed by atoms with van der Waals surface area (Å²) in [4.78, 5) is 13.1. The van der Waals surface area contributed by atoms with E-state index in [0.717, 1.165) is 31.6 Å². The van der Waals surface area contributed by atoms with Gasteiger partial charge in [0.25, 0.3) is 0 Å². The van der Waals surface area contributed by atoms with Gasteiger partial charge < -0.3 is 16.0 Å². The Hall–Kier alpha value is -1.76. The molecular formula is C14H18F3N3O. The average molecular weight is 301 g/mol. The van der Waals surface area contributed by atoms with Crippen molar-refractivity contribution in [2.75, 3.05) is 24.5 Å². The van der Waals surface area contributed by atoms with Crippen LogP contribution in [0.5, 0.6) is 0 Å². The maximum Gasteiger partial charge on any atom is 0.417 e. The number of carbonyl (C=O) groups excluding carboxylic acids is 1. The summed E-state index contributed by atoms with van der Waals surface area (Å²) < 4.78 is 39.3. The molecule has 0 spiro atoms. The molecule has 1 aromatic rings. The number of hydrogen-bond acceptors (Lipinski definition) is 3. The van der Waals surface area contributed by atoms with Crippen molar-refractivity contribution in [2.24, 2.45) is 5.73 Å². The van der Waals surface area contributed by atoms with Crippen LogP contribution in [0, 0.1) is 0 Å². The number of anilines is 1. The number of carbonyl (C=O) groups is 1. The smallest absolute Gasteiger partial charge is 0.367 e. The van der Waals surface area contributed by atoms with Crippen LogP contribution in [-0.2, 0) is 6.18 Å². The quantitative estimate of drug-likeness (QED) is 0.894. The predicted molar refractivity (Wildman–Crippen MR) is 74.3 cm³/mol. The number of primary amides is 1. The van der Waals surface area contributed by atoms with Gasteiger partial charge in [-0.15, -0.1) is 0 Å². The highest BCUT2D eigenvalue weighted by Gasteiger charge is 2.36. The SMILES string of the molecule is CCN(c1ccc(C(N)=O)c(C(F)(F)F)c1)C1CCNC1. The van der Waals surface area contributed by atoms with Crippen LogP contribution in [0.1, 0.15) is 29.3 Å². The number of nitrogens with zero attached hydrogens (tertiary/aromatic N) is 1. The molecule has 1 aliphatic rings. The Morgan fingerprint density at radius 3 is 2.67 bits per heavy atom. The molecule has 0 saturated carbocycles. The molecule has 1 atom stereocenters. The Balaban J connectivity index is 2.42. The van der Waals surface area contributed by atoms with E-state index in [9.17, 15) is 18.0 Å². The monoisotopic (exact) mass is 301 g/mol. The molecule has 1 aliphatic heterocycles. The van der Waals surface area contributed by atoms with Crippen molar-refractivity contribution in [3.63, 3.8) is 0 Å². The molecule has 0 aromatic heterocycles. The molecule has 0 radical (unpaired) electrons. The molecule has 1 aromatic carbocycles. The van der Waals surface area contributed by atoms with Crippen LogP contribution in [0.3, 0.4) is 0 Å². The first-order valence-corrected chi connectivity index (χ1v) is 6.83. The van der Waals surface area contributed by atoms with Gasteiger partial charge in [0.2, 0.25) is 5.91 Å². The fourth-order valence-corrected chi connectivity index (χ4v) is 2.72. The minimum absolute atomic E-state index is 0.163. The summed E-state index contributed by atoms with van der Waals surface area (Å²) >= 11 is 0. The molecule has 4 nitrogen and oxygen atoms in total. The largest absolute Gasteiger partial charge is 0.417 e. The van der Waals surface area contributed by atoms with Gasteiger partial charge in [0.15, 0.2) is 0 Å². The number of nitrogens with two attached hydrogens (primary N) is 1. The zero-order valence-corrected chi connectivity index (χ0v) is 11.7. The average Bonchev–Trinajstić information content (AvgIpc) is 2.92. The van der Waals surface area contributed by atoms with Crippen molar-refractivity contribution >= 4 is 11.6 Å². The van der Waals surface area contributed by atoms with Crippen LogP contribution in [0.25, 0.3) is 0 Å². The Labute approximate surface area is 121 Å². The molecule has 0 bridgehead atoms. The number of benzene rings is 1. The summed E-state index contributed by atoms with van der Waals surface area (Å²) in [5, 5.41) is 3.19. The van der Waals surface area contributed by atoms with E-state index in [-0.39, 0.29) is 6.04 Å². The van der Waals surface area contributed by atoms with E-state index in [2.05, 4.69) is 5.32 Å². The predicted octanol–water partition coefficient (Wildman–Crippen LogP) is 1.99. The second kappa shape index (κ2) is 5.93. The standard InChI is InChI=1S/C14H18F3N3O/c1-2-20(10-5-6-19-8-10)9-3-4-11(13(18)21)12(7-9)14(15,16)17/h3-4,7,10,19H,2,5-6,8H2,1H3,(H2,18,21). The lowest BCUT2D eigenvalue weighted by Gasteiger charge is -2.30. The maximum atomic E-state index is 13.1. The van der Waals surface area contributed by atoms with Gasteiger partial charge in [-0.3, -0.25) is 4.79 Å². The molecule has 7 heteroatoms. The zero-order chi connectivity index (χ0) is 15.6. The molecule has 1 saturated heterocycles. The maximum absolute atomic E-state index is 13.1. The number of amides is 1. The summed E-state index contributed by atoms with van der Waals surface area (Å²) in [6, 6.07) is 3.86. The first kappa shape index (κ1) is 15.6. The normalized spacial score (nSPS) is 18.8. The van der Waals surface area contributed by atoms with E-state index in [0.29, 0.717) is 12.2 Å². The third-order valence-corrected chi connectivity index (χ3v) is 3.72. The zero-order valence-electron chi connectivity index (χ0n) is 11.7. The highest BCUT2D eigenvalue weighted by molar-refractivity contribution is 5.95. The van der Waals surface area contributed by atoms with Crippen LogP contribution < -0.4 is 16.0 Å². The third-order valence-electron chi connectivity index (χ3n) is 3.72. The lowest BCUT2D eigenvalue weighted by molar-refractivity contribution is -0.137. The molecule has 1 unspecified atom stereocenters. The lowest BCUT2D eigenvalue weighted by atomic mass is 10.0. The minimum atomic E-state index is -4.60. The number of likely N-dealkylation sites (N-methyl/N-ethyl adjacent to an activating group) is 1. The summed E-state index contributed by atoms with van der Waals surface area (Å²) in [7, 11) is 0. The second-order valence-electron chi connectivity index (χ2n) is 5.02. The molecular weight excluding hydrogens is 283 g/mol. The Morgan fingerprint density at radius 2 is 2.19 bits per heavy atom. The Kier molecular flexibility index (Phi) is 4.41.